The van der Waals surface area contributed by atoms with Crippen LogP contribution in [0.2, 0.25) is 5.02 Å². The van der Waals surface area contributed by atoms with Crippen LogP contribution in [0.25, 0.3) is 11.4 Å². The first kappa shape index (κ1) is 22.8. The number of aromatic nitrogens is 3. The highest BCUT2D eigenvalue weighted by Gasteiger charge is 2.20. The monoisotopic (exact) mass is 493 g/mol. The molecule has 0 saturated heterocycles. The van der Waals surface area contributed by atoms with Gasteiger partial charge in [0.25, 0.3) is 0 Å². The number of methoxy groups -OCH3 is 1. The van der Waals surface area contributed by atoms with Crippen molar-refractivity contribution >= 4 is 23.4 Å². The van der Waals surface area contributed by atoms with E-state index in [0.29, 0.717) is 17.4 Å². The zero-order valence-electron chi connectivity index (χ0n) is 18.7. The van der Waals surface area contributed by atoms with Crippen LogP contribution in [-0.2, 0) is 30.1 Å². The molecule has 0 N–H and O–H groups in total. The zero-order valence-corrected chi connectivity index (χ0v) is 20.3. The van der Waals surface area contributed by atoms with Gasteiger partial charge >= 0.3 is 0 Å². The van der Waals surface area contributed by atoms with Gasteiger partial charge < -0.3 is 18.8 Å². The lowest BCUT2D eigenvalue weighted by Crippen LogP contribution is -2.13. The lowest BCUT2D eigenvalue weighted by atomic mass is 10.1. The van der Waals surface area contributed by atoms with Crippen LogP contribution in [0.3, 0.4) is 0 Å². The number of hydrogen-bond acceptors (Lipinski definition) is 6. The number of para-hydroxylation sites is 1. The second-order valence-electron chi connectivity index (χ2n) is 7.85. The summed E-state index contributed by atoms with van der Waals surface area (Å²) in [4.78, 5) is 0. The number of ether oxygens (including phenoxy) is 3. The van der Waals surface area contributed by atoms with E-state index in [-0.39, 0.29) is 6.79 Å². The molecule has 0 saturated carbocycles. The van der Waals surface area contributed by atoms with Crippen LogP contribution in [-0.4, -0.2) is 28.7 Å². The fraction of sp³-hybridized carbons (Fsp3) is 0.231. The van der Waals surface area contributed by atoms with Crippen LogP contribution in [0.15, 0.2) is 71.9 Å². The van der Waals surface area contributed by atoms with Gasteiger partial charge in [-0.3, -0.25) is 0 Å². The van der Waals surface area contributed by atoms with E-state index in [2.05, 4.69) is 39.0 Å². The first-order valence-electron chi connectivity index (χ1n) is 11.0. The van der Waals surface area contributed by atoms with Crippen LogP contribution < -0.4 is 9.47 Å². The average Bonchev–Trinajstić information content (AvgIpc) is 3.29. The molecule has 34 heavy (non-hydrogen) atoms. The Morgan fingerprint density at radius 1 is 1.06 bits per heavy atom. The molecule has 1 aliphatic rings. The standard InChI is InChI=1S/C26H24ClN3O3S/c1-31-23-10-6-5-9-22(23)25-28-29-26(30(25)12-11-18-7-3-2-4-8-18)34-16-20-14-21(27)13-19-15-32-17-33-24(19)20/h2-10,13-14H,11-12,15-17H2,1H3. The Kier molecular flexibility index (Phi) is 7.04. The van der Waals surface area contributed by atoms with Gasteiger partial charge in [0.2, 0.25) is 0 Å². The number of nitrogens with zero attached hydrogens (tertiary/aromatic N) is 3. The van der Waals surface area contributed by atoms with Crippen molar-refractivity contribution in [3.05, 3.63) is 88.4 Å². The molecule has 0 aliphatic carbocycles. The molecule has 4 aromatic rings. The number of rotatable bonds is 8. The van der Waals surface area contributed by atoms with Crippen LogP contribution in [0.1, 0.15) is 16.7 Å². The quantitative estimate of drug-likeness (QED) is 0.280. The van der Waals surface area contributed by atoms with Gasteiger partial charge in [-0.25, -0.2) is 0 Å². The summed E-state index contributed by atoms with van der Waals surface area (Å²) in [5.41, 5.74) is 4.16. The number of thioether (sulfide) groups is 1. The molecule has 3 aromatic carbocycles. The molecule has 0 amide bonds. The van der Waals surface area contributed by atoms with Gasteiger partial charge in [0.05, 0.1) is 19.3 Å². The summed E-state index contributed by atoms with van der Waals surface area (Å²) in [6.07, 6.45) is 0.863. The molecule has 0 spiro atoms. The third kappa shape index (κ3) is 4.92. The molecule has 0 atom stereocenters. The molecule has 0 bridgehead atoms. The van der Waals surface area contributed by atoms with Crippen molar-refractivity contribution in [1.82, 2.24) is 14.8 Å². The topological polar surface area (TPSA) is 58.4 Å². The molecule has 8 heteroatoms. The van der Waals surface area contributed by atoms with Crippen molar-refractivity contribution in [2.75, 3.05) is 13.9 Å². The van der Waals surface area contributed by atoms with E-state index in [9.17, 15) is 0 Å². The Bertz CT molecular complexity index is 1280. The Balaban J connectivity index is 1.46. The zero-order chi connectivity index (χ0) is 23.3. The molecule has 0 radical (unpaired) electrons. The fourth-order valence-corrected chi connectivity index (χ4v) is 5.21. The van der Waals surface area contributed by atoms with Crippen molar-refractivity contribution in [2.45, 2.75) is 30.5 Å². The van der Waals surface area contributed by atoms with E-state index >= 15 is 0 Å². The molecule has 5 rings (SSSR count). The summed E-state index contributed by atoms with van der Waals surface area (Å²) in [6.45, 7) is 1.49. The molecular weight excluding hydrogens is 470 g/mol. The van der Waals surface area contributed by atoms with E-state index in [1.54, 1.807) is 18.9 Å². The van der Waals surface area contributed by atoms with Gasteiger partial charge in [0.1, 0.15) is 11.5 Å². The van der Waals surface area contributed by atoms with Crippen molar-refractivity contribution < 1.29 is 14.2 Å². The molecular formula is C26H24ClN3O3S. The van der Waals surface area contributed by atoms with Crippen LogP contribution in [0, 0.1) is 0 Å². The molecule has 0 fully saturated rings. The van der Waals surface area contributed by atoms with Gasteiger partial charge in [-0.2, -0.15) is 0 Å². The third-order valence-electron chi connectivity index (χ3n) is 5.64. The summed E-state index contributed by atoms with van der Waals surface area (Å²) < 4.78 is 19.0. The Labute approximate surface area is 207 Å². The Morgan fingerprint density at radius 3 is 2.74 bits per heavy atom. The number of aryl methyl sites for hydroxylation is 1. The second kappa shape index (κ2) is 10.5. The molecule has 1 aromatic heterocycles. The fourth-order valence-electron chi connectivity index (χ4n) is 4.02. The maximum Gasteiger partial charge on any atom is 0.191 e. The average molecular weight is 494 g/mol. The van der Waals surface area contributed by atoms with Gasteiger partial charge in [0.15, 0.2) is 17.8 Å². The minimum absolute atomic E-state index is 0.248. The van der Waals surface area contributed by atoms with E-state index in [1.807, 2.05) is 42.5 Å². The summed E-state index contributed by atoms with van der Waals surface area (Å²) in [7, 11) is 1.67. The van der Waals surface area contributed by atoms with Crippen molar-refractivity contribution in [1.29, 1.82) is 0 Å². The smallest absolute Gasteiger partial charge is 0.191 e. The van der Waals surface area contributed by atoms with Crippen molar-refractivity contribution in [3.63, 3.8) is 0 Å². The molecule has 174 valence electrons. The predicted molar refractivity (Wildman–Crippen MR) is 133 cm³/mol. The summed E-state index contributed by atoms with van der Waals surface area (Å²) >= 11 is 7.98. The maximum atomic E-state index is 6.36. The van der Waals surface area contributed by atoms with Crippen molar-refractivity contribution in [3.8, 4) is 22.9 Å². The van der Waals surface area contributed by atoms with Crippen LogP contribution >= 0.6 is 23.4 Å². The molecule has 2 heterocycles. The first-order chi connectivity index (χ1) is 16.7. The van der Waals surface area contributed by atoms with Gasteiger partial charge in [-0.05, 0) is 36.2 Å². The van der Waals surface area contributed by atoms with Gasteiger partial charge in [-0.1, -0.05) is 65.8 Å². The summed E-state index contributed by atoms with van der Waals surface area (Å²) in [5.74, 6) is 3.06. The largest absolute Gasteiger partial charge is 0.496 e. The third-order valence-corrected chi connectivity index (χ3v) is 6.87. The SMILES string of the molecule is COc1ccccc1-c1nnc(SCc2cc(Cl)cc3c2OCOC3)n1CCc1ccccc1. The van der Waals surface area contributed by atoms with E-state index in [0.717, 1.165) is 52.1 Å². The van der Waals surface area contributed by atoms with Crippen molar-refractivity contribution in [2.24, 2.45) is 0 Å². The Morgan fingerprint density at radius 2 is 1.88 bits per heavy atom. The van der Waals surface area contributed by atoms with Gasteiger partial charge in [0, 0.05) is 28.4 Å². The number of halogens is 1. The second-order valence-corrected chi connectivity index (χ2v) is 9.23. The maximum absolute atomic E-state index is 6.36. The number of benzene rings is 3. The normalized spacial score (nSPS) is 12.8. The lowest BCUT2D eigenvalue weighted by molar-refractivity contribution is -0.0168. The Hall–Kier alpha value is -3.00. The minimum atomic E-state index is 0.248. The molecule has 0 unspecified atom stereocenters. The highest BCUT2D eigenvalue weighted by atomic mass is 35.5. The van der Waals surface area contributed by atoms with Gasteiger partial charge in [-0.15, -0.1) is 10.2 Å². The highest BCUT2D eigenvalue weighted by Crippen LogP contribution is 2.37. The number of fused-ring (bicyclic) bond motifs is 1. The van der Waals surface area contributed by atoms with Crippen LogP contribution in [0.4, 0.5) is 0 Å². The lowest BCUT2D eigenvalue weighted by Gasteiger charge is -2.21. The minimum Gasteiger partial charge on any atom is -0.496 e. The van der Waals surface area contributed by atoms with Crippen LogP contribution in [0.5, 0.6) is 11.5 Å². The molecule has 6 nitrogen and oxygen atoms in total. The summed E-state index contributed by atoms with van der Waals surface area (Å²) in [5, 5.41) is 10.6. The van der Waals surface area contributed by atoms with E-state index in [4.69, 9.17) is 25.8 Å². The predicted octanol–water partition coefficient (Wildman–Crippen LogP) is 6.01. The summed E-state index contributed by atoms with van der Waals surface area (Å²) in [6, 6.07) is 22.2. The highest BCUT2D eigenvalue weighted by molar-refractivity contribution is 7.98. The van der Waals surface area contributed by atoms with E-state index < -0.39 is 0 Å². The van der Waals surface area contributed by atoms with E-state index in [1.165, 1.54) is 5.56 Å². The first-order valence-corrected chi connectivity index (χ1v) is 12.3. The molecule has 1 aliphatic heterocycles. The number of hydrogen-bond donors (Lipinski definition) is 0.